The highest BCUT2D eigenvalue weighted by atomic mass is 14.8. The van der Waals surface area contributed by atoms with Gasteiger partial charge in [0, 0.05) is 12.4 Å². The first-order chi connectivity index (χ1) is 10.7. The SMILES string of the molecule is CC1CCC(/C=C/c2ncc(C3CCC(C)CC3)cn2)CC1. The molecule has 0 aliphatic heterocycles. The highest BCUT2D eigenvalue weighted by Crippen LogP contribution is 2.35. The van der Waals surface area contributed by atoms with Crippen LogP contribution < -0.4 is 0 Å². The van der Waals surface area contributed by atoms with Gasteiger partial charge in [0.15, 0.2) is 5.82 Å². The zero-order chi connectivity index (χ0) is 15.4. The van der Waals surface area contributed by atoms with Gasteiger partial charge in [0.2, 0.25) is 0 Å². The molecule has 0 amide bonds. The van der Waals surface area contributed by atoms with Crippen molar-refractivity contribution in [3.05, 3.63) is 29.9 Å². The number of nitrogens with zero attached hydrogens (tertiary/aromatic N) is 2. The second-order valence-corrected chi connectivity index (χ2v) is 7.71. The van der Waals surface area contributed by atoms with Crippen LogP contribution in [0.15, 0.2) is 18.5 Å². The monoisotopic (exact) mass is 298 g/mol. The molecule has 1 heterocycles. The largest absolute Gasteiger partial charge is 0.237 e. The zero-order valence-corrected chi connectivity index (χ0v) is 14.2. The van der Waals surface area contributed by atoms with E-state index < -0.39 is 0 Å². The molecular formula is C20H30N2. The van der Waals surface area contributed by atoms with Crippen LogP contribution in [0.1, 0.15) is 82.5 Å². The standard InChI is InChI=1S/C20H30N2/c1-15-3-7-17(8-4-15)9-12-20-21-13-19(14-22-20)18-10-5-16(2)6-11-18/h9,12-18H,3-8,10-11H2,1-2H3/b12-9+. The van der Waals surface area contributed by atoms with Gasteiger partial charge in [-0.1, -0.05) is 45.6 Å². The number of aromatic nitrogens is 2. The first-order valence-electron chi connectivity index (χ1n) is 9.21. The van der Waals surface area contributed by atoms with Crippen molar-refractivity contribution in [1.82, 2.24) is 9.97 Å². The van der Waals surface area contributed by atoms with E-state index in [-0.39, 0.29) is 0 Å². The number of allylic oxidation sites excluding steroid dienone is 1. The molecule has 0 aromatic carbocycles. The van der Waals surface area contributed by atoms with E-state index in [2.05, 4.69) is 48.4 Å². The molecule has 2 fully saturated rings. The quantitative estimate of drug-likeness (QED) is 0.725. The second kappa shape index (κ2) is 7.39. The molecule has 1 aromatic heterocycles. The Morgan fingerprint density at radius 1 is 0.818 bits per heavy atom. The van der Waals surface area contributed by atoms with E-state index in [1.54, 1.807) is 0 Å². The Kier molecular flexibility index (Phi) is 5.28. The van der Waals surface area contributed by atoms with E-state index in [4.69, 9.17) is 0 Å². The summed E-state index contributed by atoms with van der Waals surface area (Å²) in [6, 6.07) is 0. The van der Waals surface area contributed by atoms with Crippen molar-refractivity contribution in [2.45, 2.75) is 71.1 Å². The van der Waals surface area contributed by atoms with Crippen molar-refractivity contribution < 1.29 is 0 Å². The first-order valence-corrected chi connectivity index (χ1v) is 9.21. The maximum atomic E-state index is 4.57. The van der Waals surface area contributed by atoms with Gasteiger partial charge < -0.3 is 0 Å². The van der Waals surface area contributed by atoms with Crippen molar-refractivity contribution >= 4 is 6.08 Å². The van der Waals surface area contributed by atoms with Crippen molar-refractivity contribution in [3.8, 4) is 0 Å². The molecule has 0 radical (unpaired) electrons. The van der Waals surface area contributed by atoms with Gasteiger partial charge >= 0.3 is 0 Å². The van der Waals surface area contributed by atoms with Crippen molar-refractivity contribution in [2.75, 3.05) is 0 Å². The Morgan fingerprint density at radius 2 is 1.36 bits per heavy atom. The van der Waals surface area contributed by atoms with Crippen LogP contribution >= 0.6 is 0 Å². The first kappa shape index (κ1) is 15.7. The molecule has 1 aromatic rings. The van der Waals surface area contributed by atoms with Crippen LogP contribution in [0.4, 0.5) is 0 Å². The summed E-state index contributed by atoms with van der Waals surface area (Å²) in [6.07, 6.45) is 19.3. The van der Waals surface area contributed by atoms with Crippen LogP contribution in [0, 0.1) is 17.8 Å². The van der Waals surface area contributed by atoms with Crippen LogP contribution in [0.25, 0.3) is 6.08 Å². The van der Waals surface area contributed by atoms with Crippen LogP contribution in [-0.2, 0) is 0 Å². The molecule has 2 saturated carbocycles. The molecular weight excluding hydrogens is 268 g/mol. The predicted octanol–water partition coefficient (Wildman–Crippen LogP) is 5.61. The summed E-state index contributed by atoms with van der Waals surface area (Å²) < 4.78 is 0. The summed E-state index contributed by atoms with van der Waals surface area (Å²) in [5.74, 6) is 4.12. The third-order valence-electron chi connectivity index (χ3n) is 5.76. The lowest BCUT2D eigenvalue weighted by Gasteiger charge is -2.25. The van der Waals surface area contributed by atoms with Gasteiger partial charge in [-0.05, 0) is 61.0 Å². The Labute approximate surface area is 135 Å². The number of hydrogen-bond donors (Lipinski definition) is 0. The lowest BCUT2D eigenvalue weighted by molar-refractivity contribution is 0.331. The summed E-state index contributed by atoms with van der Waals surface area (Å²) in [7, 11) is 0. The molecule has 2 heteroatoms. The fourth-order valence-electron chi connectivity index (χ4n) is 3.94. The minimum Gasteiger partial charge on any atom is -0.237 e. The van der Waals surface area contributed by atoms with Gasteiger partial charge in [-0.25, -0.2) is 9.97 Å². The van der Waals surface area contributed by atoms with E-state index >= 15 is 0 Å². The maximum Gasteiger partial charge on any atom is 0.151 e. The molecule has 3 rings (SSSR count). The molecule has 2 aliphatic carbocycles. The highest BCUT2D eigenvalue weighted by molar-refractivity contribution is 5.40. The predicted molar refractivity (Wildman–Crippen MR) is 92.6 cm³/mol. The molecule has 120 valence electrons. The minimum atomic E-state index is 0.689. The lowest BCUT2D eigenvalue weighted by Crippen LogP contribution is -2.11. The van der Waals surface area contributed by atoms with Crippen molar-refractivity contribution in [2.24, 2.45) is 17.8 Å². The van der Waals surface area contributed by atoms with Gasteiger partial charge in [-0.3, -0.25) is 0 Å². The molecule has 0 atom stereocenters. The van der Waals surface area contributed by atoms with Crippen LogP contribution in [0.5, 0.6) is 0 Å². The molecule has 0 N–H and O–H groups in total. The molecule has 22 heavy (non-hydrogen) atoms. The second-order valence-electron chi connectivity index (χ2n) is 7.71. The summed E-state index contributed by atoms with van der Waals surface area (Å²) in [4.78, 5) is 9.15. The average molecular weight is 298 g/mol. The van der Waals surface area contributed by atoms with E-state index in [1.165, 1.54) is 56.9 Å². The van der Waals surface area contributed by atoms with Crippen LogP contribution in [-0.4, -0.2) is 9.97 Å². The van der Waals surface area contributed by atoms with Crippen LogP contribution in [0.2, 0.25) is 0 Å². The molecule has 0 saturated heterocycles. The Balaban J connectivity index is 1.55. The molecule has 0 unspecified atom stereocenters. The van der Waals surface area contributed by atoms with Gasteiger partial charge in [0.25, 0.3) is 0 Å². The van der Waals surface area contributed by atoms with Gasteiger partial charge in [-0.2, -0.15) is 0 Å². The van der Waals surface area contributed by atoms with E-state index in [0.717, 1.165) is 23.6 Å². The Hall–Kier alpha value is -1.18. The fourth-order valence-corrected chi connectivity index (χ4v) is 3.94. The Bertz CT molecular complexity index is 475. The number of rotatable bonds is 3. The summed E-state index contributed by atoms with van der Waals surface area (Å²) in [5.41, 5.74) is 1.34. The van der Waals surface area contributed by atoms with Gasteiger partial charge in [0.1, 0.15) is 0 Å². The highest BCUT2D eigenvalue weighted by Gasteiger charge is 2.20. The van der Waals surface area contributed by atoms with Gasteiger partial charge in [-0.15, -0.1) is 0 Å². The average Bonchev–Trinajstić information content (AvgIpc) is 2.56. The van der Waals surface area contributed by atoms with Crippen molar-refractivity contribution in [3.63, 3.8) is 0 Å². The third-order valence-corrected chi connectivity index (χ3v) is 5.76. The number of hydrogen-bond acceptors (Lipinski definition) is 2. The summed E-state index contributed by atoms with van der Waals surface area (Å²) in [6.45, 7) is 4.74. The molecule has 2 nitrogen and oxygen atoms in total. The molecule has 0 spiro atoms. The lowest BCUT2D eigenvalue weighted by atomic mass is 9.80. The van der Waals surface area contributed by atoms with Crippen molar-refractivity contribution in [1.29, 1.82) is 0 Å². The van der Waals surface area contributed by atoms with E-state index in [1.807, 2.05) is 0 Å². The molecule has 2 aliphatic rings. The smallest absolute Gasteiger partial charge is 0.151 e. The minimum absolute atomic E-state index is 0.689. The van der Waals surface area contributed by atoms with E-state index in [0.29, 0.717) is 5.92 Å². The summed E-state index contributed by atoms with van der Waals surface area (Å²) >= 11 is 0. The normalized spacial score (nSPS) is 33.2. The molecule has 0 bridgehead atoms. The van der Waals surface area contributed by atoms with E-state index in [9.17, 15) is 0 Å². The fraction of sp³-hybridized carbons (Fsp3) is 0.700. The maximum absolute atomic E-state index is 4.57. The Morgan fingerprint density at radius 3 is 1.95 bits per heavy atom. The topological polar surface area (TPSA) is 25.8 Å². The summed E-state index contributed by atoms with van der Waals surface area (Å²) in [5, 5.41) is 0. The zero-order valence-electron chi connectivity index (χ0n) is 14.2. The third kappa shape index (κ3) is 4.18. The van der Waals surface area contributed by atoms with Gasteiger partial charge in [0.05, 0.1) is 0 Å². The van der Waals surface area contributed by atoms with Crippen LogP contribution in [0.3, 0.4) is 0 Å².